The lowest BCUT2D eigenvalue weighted by Gasteiger charge is -2.47. The molecule has 3 rings (SSSR count). The van der Waals surface area contributed by atoms with Gasteiger partial charge in [0, 0.05) is 11.2 Å². The number of hydrogen-bond donors (Lipinski definition) is 0. The number of para-hydroxylation sites is 1. The monoisotopic (exact) mass is 351 g/mol. The Morgan fingerprint density at radius 1 is 1.04 bits per heavy atom. The molecule has 1 unspecified atom stereocenters. The summed E-state index contributed by atoms with van der Waals surface area (Å²) >= 11 is 0. The van der Waals surface area contributed by atoms with Gasteiger partial charge in [0.25, 0.3) is 0 Å². The maximum atomic E-state index is 6.07. The molecule has 1 aliphatic rings. The van der Waals surface area contributed by atoms with Crippen LogP contribution in [0.25, 0.3) is 0 Å². The van der Waals surface area contributed by atoms with Gasteiger partial charge in [0.05, 0.1) is 6.54 Å². The predicted molar refractivity (Wildman–Crippen MR) is 112 cm³/mol. The molecule has 2 nitrogen and oxygen atoms in total. The molecule has 0 amide bonds. The number of ether oxygens (including phenoxy) is 1. The van der Waals surface area contributed by atoms with Crippen molar-refractivity contribution in [2.45, 2.75) is 64.8 Å². The quantitative estimate of drug-likeness (QED) is 0.654. The minimum atomic E-state index is 0.146. The van der Waals surface area contributed by atoms with E-state index in [-0.39, 0.29) is 11.0 Å². The van der Waals surface area contributed by atoms with Crippen molar-refractivity contribution in [3.05, 3.63) is 59.7 Å². The first kappa shape index (κ1) is 18.8. The Bertz CT molecular complexity index is 740. The number of nitrogens with zero attached hydrogens (tertiary/aromatic N) is 1. The maximum Gasteiger partial charge on any atom is 0.119 e. The van der Waals surface area contributed by atoms with Crippen LogP contribution >= 0.6 is 0 Å². The lowest BCUT2D eigenvalue weighted by molar-refractivity contribution is 0.294. The first-order valence-electron chi connectivity index (χ1n) is 9.78. The van der Waals surface area contributed by atoms with Crippen LogP contribution in [0, 0.1) is 0 Å². The van der Waals surface area contributed by atoms with Crippen molar-refractivity contribution < 1.29 is 4.74 Å². The molecule has 0 aliphatic carbocycles. The summed E-state index contributed by atoms with van der Waals surface area (Å²) in [5, 5.41) is 0. The standard InChI is InChI=1S/C24H33NO/c1-18-17-24(5,6)25(22-10-8-7-9-21(18)22)15-16-26-20-13-11-19(12-14-20)23(2,3)4/h7-14,18H,15-17H2,1-6H3. The van der Waals surface area contributed by atoms with Gasteiger partial charge in [-0.15, -0.1) is 0 Å². The summed E-state index contributed by atoms with van der Waals surface area (Å²) in [5.74, 6) is 1.55. The predicted octanol–water partition coefficient (Wildman–Crippen LogP) is 6.16. The fourth-order valence-corrected chi connectivity index (χ4v) is 4.17. The van der Waals surface area contributed by atoms with E-state index < -0.39 is 0 Å². The zero-order chi connectivity index (χ0) is 18.9. The summed E-state index contributed by atoms with van der Waals surface area (Å²) in [6.07, 6.45) is 1.17. The van der Waals surface area contributed by atoms with Crippen molar-refractivity contribution >= 4 is 5.69 Å². The number of rotatable bonds is 4. The van der Waals surface area contributed by atoms with Crippen LogP contribution in [-0.4, -0.2) is 18.7 Å². The number of fused-ring (bicyclic) bond motifs is 1. The first-order chi connectivity index (χ1) is 12.2. The Morgan fingerprint density at radius 3 is 2.35 bits per heavy atom. The molecule has 1 atom stereocenters. The van der Waals surface area contributed by atoms with E-state index in [4.69, 9.17) is 4.74 Å². The van der Waals surface area contributed by atoms with Crippen molar-refractivity contribution in [2.24, 2.45) is 0 Å². The van der Waals surface area contributed by atoms with Gasteiger partial charge in [-0.05, 0) is 60.9 Å². The van der Waals surface area contributed by atoms with Crippen LogP contribution < -0.4 is 9.64 Å². The van der Waals surface area contributed by atoms with Crippen LogP contribution in [-0.2, 0) is 5.41 Å². The molecule has 0 radical (unpaired) electrons. The summed E-state index contributed by atoms with van der Waals surface area (Å²) in [4.78, 5) is 2.52. The lowest BCUT2D eigenvalue weighted by atomic mass is 9.80. The van der Waals surface area contributed by atoms with Gasteiger partial charge >= 0.3 is 0 Å². The van der Waals surface area contributed by atoms with Crippen molar-refractivity contribution in [1.82, 2.24) is 0 Å². The molecule has 0 N–H and O–H groups in total. The second-order valence-electron chi connectivity index (χ2n) is 9.25. The van der Waals surface area contributed by atoms with E-state index in [1.807, 2.05) is 0 Å². The number of benzene rings is 2. The van der Waals surface area contributed by atoms with Crippen molar-refractivity contribution in [1.29, 1.82) is 0 Å². The van der Waals surface area contributed by atoms with Gasteiger partial charge in [-0.2, -0.15) is 0 Å². The van der Waals surface area contributed by atoms with E-state index in [9.17, 15) is 0 Å². The fourth-order valence-electron chi connectivity index (χ4n) is 4.17. The van der Waals surface area contributed by atoms with Crippen LogP contribution in [0.2, 0.25) is 0 Å². The highest BCUT2D eigenvalue weighted by Gasteiger charge is 2.35. The average Bonchev–Trinajstić information content (AvgIpc) is 2.57. The third kappa shape index (κ3) is 3.90. The van der Waals surface area contributed by atoms with Gasteiger partial charge in [0.1, 0.15) is 12.4 Å². The van der Waals surface area contributed by atoms with E-state index in [0.717, 1.165) is 12.3 Å². The SMILES string of the molecule is CC1CC(C)(C)N(CCOc2ccc(C(C)(C)C)cc2)c2ccccc21. The number of anilines is 1. The van der Waals surface area contributed by atoms with E-state index in [0.29, 0.717) is 12.5 Å². The van der Waals surface area contributed by atoms with E-state index in [1.54, 1.807) is 0 Å². The van der Waals surface area contributed by atoms with E-state index in [1.165, 1.54) is 23.2 Å². The van der Waals surface area contributed by atoms with Gasteiger partial charge in [-0.1, -0.05) is 58.0 Å². The Morgan fingerprint density at radius 2 is 1.69 bits per heavy atom. The van der Waals surface area contributed by atoms with E-state index >= 15 is 0 Å². The molecule has 2 aromatic carbocycles. The topological polar surface area (TPSA) is 12.5 Å². The fraction of sp³-hybridized carbons (Fsp3) is 0.500. The average molecular weight is 352 g/mol. The Kier molecular flexibility index (Phi) is 5.05. The summed E-state index contributed by atoms with van der Waals surface area (Å²) in [6.45, 7) is 15.3. The van der Waals surface area contributed by atoms with Crippen molar-refractivity contribution in [3.8, 4) is 5.75 Å². The van der Waals surface area contributed by atoms with Gasteiger partial charge in [0.2, 0.25) is 0 Å². The largest absolute Gasteiger partial charge is 0.492 e. The van der Waals surface area contributed by atoms with Crippen LogP contribution in [0.4, 0.5) is 5.69 Å². The molecule has 1 aliphatic heterocycles. The maximum absolute atomic E-state index is 6.07. The minimum absolute atomic E-state index is 0.146. The molecule has 0 spiro atoms. The lowest BCUT2D eigenvalue weighted by Crippen LogP contribution is -2.50. The van der Waals surface area contributed by atoms with Crippen LogP contribution in [0.15, 0.2) is 48.5 Å². The van der Waals surface area contributed by atoms with Crippen LogP contribution in [0.3, 0.4) is 0 Å². The summed E-state index contributed by atoms with van der Waals surface area (Å²) in [7, 11) is 0. The van der Waals surface area contributed by atoms with Crippen LogP contribution in [0.1, 0.15) is 65.0 Å². The van der Waals surface area contributed by atoms with Gasteiger partial charge in [-0.3, -0.25) is 0 Å². The van der Waals surface area contributed by atoms with E-state index in [2.05, 4.69) is 95.0 Å². The Balaban J connectivity index is 1.68. The molecule has 2 heteroatoms. The summed E-state index contributed by atoms with van der Waals surface area (Å²) in [5.41, 5.74) is 4.48. The van der Waals surface area contributed by atoms with Gasteiger partial charge in [0.15, 0.2) is 0 Å². The zero-order valence-corrected chi connectivity index (χ0v) is 17.2. The summed E-state index contributed by atoms with van der Waals surface area (Å²) < 4.78 is 6.07. The normalized spacial score (nSPS) is 19.2. The molecule has 26 heavy (non-hydrogen) atoms. The highest BCUT2D eigenvalue weighted by molar-refractivity contribution is 5.59. The minimum Gasteiger partial charge on any atom is -0.492 e. The molecule has 0 saturated carbocycles. The zero-order valence-electron chi connectivity index (χ0n) is 17.2. The highest BCUT2D eigenvalue weighted by Crippen LogP contribution is 2.42. The van der Waals surface area contributed by atoms with Gasteiger partial charge < -0.3 is 9.64 Å². The molecule has 2 aromatic rings. The summed E-state index contributed by atoms with van der Waals surface area (Å²) in [6, 6.07) is 17.4. The third-order valence-electron chi connectivity index (χ3n) is 5.60. The molecular formula is C24H33NO. The Labute approximate surface area is 159 Å². The van der Waals surface area contributed by atoms with Crippen molar-refractivity contribution in [2.75, 3.05) is 18.1 Å². The number of hydrogen-bond acceptors (Lipinski definition) is 2. The highest BCUT2D eigenvalue weighted by atomic mass is 16.5. The first-order valence-corrected chi connectivity index (χ1v) is 9.78. The second-order valence-corrected chi connectivity index (χ2v) is 9.25. The molecule has 0 bridgehead atoms. The third-order valence-corrected chi connectivity index (χ3v) is 5.60. The Hall–Kier alpha value is -1.96. The molecule has 0 aromatic heterocycles. The molecule has 0 fully saturated rings. The smallest absolute Gasteiger partial charge is 0.119 e. The second kappa shape index (κ2) is 6.98. The van der Waals surface area contributed by atoms with Crippen LogP contribution in [0.5, 0.6) is 5.75 Å². The molecular weight excluding hydrogens is 318 g/mol. The molecule has 140 valence electrons. The van der Waals surface area contributed by atoms with Crippen molar-refractivity contribution in [3.63, 3.8) is 0 Å². The van der Waals surface area contributed by atoms with Gasteiger partial charge in [-0.25, -0.2) is 0 Å². The molecule has 0 saturated heterocycles. The molecule has 1 heterocycles.